The van der Waals surface area contributed by atoms with Crippen LogP contribution >= 0.6 is 0 Å². The second kappa shape index (κ2) is 5.49. The van der Waals surface area contributed by atoms with Gasteiger partial charge < -0.3 is 4.90 Å². The molecule has 0 N–H and O–H groups in total. The van der Waals surface area contributed by atoms with Gasteiger partial charge in [-0.2, -0.15) is 5.26 Å². The predicted octanol–water partition coefficient (Wildman–Crippen LogP) is 3.07. The lowest BCUT2D eigenvalue weighted by Gasteiger charge is -2.28. The lowest BCUT2D eigenvalue weighted by molar-refractivity contribution is 0.526. The van der Waals surface area contributed by atoms with Gasteiger partial charge in [0.05, 0.1) is 18.4 Å². The summed E-state index contributed by atoms with van der Waals surface area (Å²) in [6.07, 6.45) is 4.10. The number of nitriles is 1. The molecule has 0 amide bonds. The Kier molecular flexibility index (Phi) is 3.53. The van der Waals surface area contributed by atoms with Crippen molar-refractivity contribution in [2.24, 2.45) is 5.92 Å². The van der Waals surface area contributed by atoms with Crippen LogP contribution in [-0.2, 0) is 0 Å². The van der Waals surface area contributed by atoms with E-state index in [1.54, 1.807) is 18.3 Å². The second-order valence-corrected chi connectivity index (χ2v) is 5.33. The summed E-state index contributed by atoms with van der Waals surface area (Å²) in [7, 11) is 0. The number of rotatable bonds is 2. The summed E-state index contributed by atoms with van der Waals surface area (Å²) in [6.45, 7) is 3.01. The van der Waals surface area contributed by atoms with Crippen LogP contribution in [-0.4, -0.2) is 16.5 Å². The number of hydrogen-bond acceptors (Lipinski definition) is 4. The van der Waals surface area contributed by atoms with Crippen LogP contribution in [0.15, 0.2) is 36.7 Å². The highest BCUT2D eigenvalue weighted by Gasteiger charge is 2.33. The molecule has 1 aliphatic heterocycles. The summed E-state index contributed by atoms with van der Waals surface area (Å²) >= 11 is 0. The maximum Gasteiger partial charge on any atom is 0.158 e. The normalized spacial score (nSPS) is 21.3. The first-order chi connectivity index (χ1) is 10.2. The number of anilines is 1. The Bertz CT molecular complexity index is 677. The van der Waals surface area contributed by atoms with Crippen molar-refractivity contribution in [3.63, 3.8) is 0 Å². The van der Waals surface area contributed by atoms with Gasteiger partial charge in [-0.15, -0.1) is 0 Å². The molecule has 0 saturated carbocycles. The van der Waals surface area contributed by atoms with Crippen LogP contribution in [0.3, 0.4) is 0 Å². The summed E-state index contributed by atoms with van der Waals surface area (Å²) < 4.78 is 13.5. The van der Waals surface area contributed by atoms with Crippen molar-refractivity contribution in [2.45, 2.75) is 19.4 Å². The van der Waals surface area contributed by atoms with Gasteiger partial charge in [0.15, 0.2) is 5.69 Å². The summed E-state index contributed by atoms with van der Waals surface area (Å²) in [4.78, 5) is 10.5. The zero-order valence-electron chi connectivity index (χ0n) is 11.7. The van der Waals surface area contributed by atoms with Gasteiger partial charge in [0.1, 0.15) is 17.7 Å². The Morgan fingerprint density at radius 2 is 2.19 bits per heavy atom. The molecular weight excluding hydrogens is 267 g/mol. The molecule has 2 aromatic rings. The van der Waals surface area contributed by atoms with Crippen LogP contribution in [0.25, 0.3) is 0 Å². The van der Waals surface area contributed by atoms with Crippen molar-refractivity contribution in [3.8, 4) is 6.07 Å². The number of hydrogen-bond donors (Lipinski definition) is 0. The van der Waals surface area contributed by atoms with Gasteiger partial charge in [0, 0.05) is 6.54 Å². The first-order valence-corrected chi connectivity index (χ1v) is 6.93. The highest BCUT2D eigenvalue weighted by molar-refractivity contribution is 5.43. The zero-order valence-corrected chi connectivity index (χ0v) is 11.7. The molecule has 2 heterocycles. The van der Waals surface area contributed by atoms with E-state index in [4.69, 9.17) is 5.26 Å². The average molecular weight is 282 g/mol. The van der Waals surface area contributed by atoms with E-state index in [2.05, 4.69) is 21.8 Å². The number of halogens is 1. The molecule has 0 radical (unpaired) electrons. The minimum Gasteiger partial charge on any atom is -0.348 e. The molecule has 0 aliphatic carbocycles. The van der Waals surface area contributed by atoms with E-state index in [1.165, 1.54) is 12.3 Å². The molecule has 1 fully saturated rings. The first-order valence-electron chi connectivity index (χ1n) is 6.93. The second-order valence-electron chi connectivity index (χ2n) is 5.33. The molecule has 3 rings (SSSR count). The van der Waals surface area contributed by atoms with Crippen LogP contribution in [0.4, 0.5) is 10.2 Å². The molecule has 1 aromatic heterocycles. The fourth-order valence-electron chi connectivity index (χ4n) is 2.93. The molecule has 0 bridgehead atoms. The number of benzene rings is 1. The maximum atomic E-state index is 13.5. The smallest absolute Gasteiger partial charge is 0.158 e. The Labute approximate surface area is 122 Å². The predicted molar refractivity (Wildman–Crippen MR) is 77.0 cm³/mol. The SMILES string of the molecule is CC1CCN(c2cnc(C#N)cn2)C1c1cccc(F)c1. The van der Waals surface area contributed by atoms with E-state index in [9.17, 15) is 4.39 Å². The van der Waals surface area contributed by atoms with Crippen molar-refractivity contribution in [1.29, 1.82) is 5.26 Å². The van der Waals surface area contributed by atoms with E-state index in [0.717, 1.165) is 24.3 Å². The van der Waals surface area contributed by atoms with Gasteiger partial charge in [0.2, 0.25) is 0 Å². The van der Waals surface area contributed by atoms with Crippen molar-refractivity contribution < 1.29 is 4.39 Å². The van der Waals surface area contributed by atoms with Gasteiger partial charge in [-0.3, -0.25) is 0 Å². The molecule has 4 nitrogen and oxygen atoms in total. The van der Waals surface area contributed by atoms with Crippen LogP contribution in [0.1, 0.15) is 30.6 Å². The maximum absolute atomic E-state index is 13.5. The van der Waals surface area contributed by atoms with E-state index < -0.39 is 0 Å². The molecule has 21 heavy (non-hydrogen) atoms. The lowest BCUT2D eigenvalue weighted by Crippen LogP contribution is -2.25. The summed E-state index contributed by atoms with van der Waals surface area (Å²) in [5, 5.41) is 8.79. The lowest BCUT2D eigenvalue weighted by atomic mass is 9.95. The molecule has 1 aromatic carbocycles. The van der Waals surface area contributed by atoms with Crippen LogP contribution in [0.2, 0.25) is 0 Å². The van der Waals surface area contributed by atoms with Crippen molar-refractivity contribution in [1.82, 2.24) is 9.97 Å². The third-order valence-corrected chi connectivity index (χ3v) is 3.94. The van der Waals surface area contributed by atoms with Crippen molar-refractivity contribution in [3.05, 3.63) is 53.7 Å². The molecule has 0 spiro atoms. The minimum atomic E-state index is -0.225. The third-order valence-electron chi connectivity index (χ3n) is 3.94. The molecule has 106 valence electrons. The monoisotopic (exact) mass is 282 g/mol. The molecular formula is C16H15FN4. The number of aromatic nitrogens is 2. The van der Waals surface area contributed by atoms with Gasteiger partial charge in [-0.1, -0.05) is 19.1 Å². The van der Waals surface area contributed by atoms with E-state index >= 15 is 0 Å². The van der Waals surface area contributed by atoms with Crippen LogP contribution < -0.4 is 4.90 Å². The first kappa shape index (κ1) is 13.5. The van der Waals surface area contributed by atoms with Gasteiger partial charge in [-0.25, -0.2) is 14.4 Å². The van der Waals surface area contributed by atoms with Crippen LogP contribution in [0.5, 0.6) is 0 Å². The molecule has 2 atom stereocenters. The zero-order chi connectivity index (χ0) is 14.8. The highest BCUT2D eigenvalue weighted by atomic mass is 19.1. The van der Waals surface area contributed by atoms with Gasteiger partial charge in [-0.05, 0) is 30.0 Å². The largest absolute Gasteiger partial charge is 0.348 e. The van der Waals surface area contributed by atoms with Crippen LogP contribution in [0, 0.1) is 23.1 Å². The Balaban J connectivity index is 1.95. The van der Waals surface area contributed by atoms with Crippen molar-refractivity contribution >= 4 is 5.82 Å². The third kappa shape index (κ3) is 2.57. The molecule has 2 unspecified atom stereocenters. The number of nitrogens with zero attached hydrogens (tertiary/aromatic N) is 4. The summed E-state index contributed by atoms with van der Waals surface area (Å²) in [5.74, 6) is 0.911. The highest BCUT2D eigenvalue weighted by Crippen LogP contribution is 2.39. The topological polar surface area (TPSA) is 52.8 Å². The standard InChI is InChI=1S/C16H15FN4/c1-11-5-6-21(15-10-19-14(8-18)9-20-15)16(11)12-3-2-4-13(17)7-12/h2-4,7,9-11,16H,5-6H2,1H3. The fraction of sp³-hybridized carbons (Fsp3) is 0.312. The minimum absolute atomic E-state index is 0.0861. The van der Waals surface area contributed by atoms with Gasteiger partial charge >= 0.3 is 0 Å². The fourth-order valence-corrected chi connectivity index (χ4v) is 2.93. The van der Waals surface area contributed by atoms with E-state index in [0.29, 0.717) is 11.6 Å². The van der Waals surface area contributed by atoms with E-state index in [1.807, 2.05) is 12.1 Å². The molecule has 1 aliphatic rings. The summed E-state index contributed by atoms with van der Waals surface area (Å²) in [5.41, 5.74) is 1.25. The van der Waals surface area contributed by atoms with E-state index in [-0.39, 0.29) is 11.9 Å². The van der Waals surface area contributed by atoms with Gasteiger partial charge in [0.25, 0.3) is 0 Å². The Hall–Kier alpha value is -2.48. The quantitative estimate of drug-likeness (QED) is 0.849. The Morgan fingerprint density at radius 3 is 2.86 bits per heavy atom. The summed E-state index contributed by atoms with van der Waals surface area (Å²) in [6, 6.07) is 8.76. The average Bonchev–Trinajstić information content (AvgIpc) is 2.89. The van der Waals surface area contributed by atoms with Crippen molar-refractivity contribution in [2.75, 3.05) is 11.4 Å². The molecule has 1 saturated heterocycles. The molecule has 5 heteroatoms. The Morgan fingerprint density at radius 1 is 1.33 bits per heavy atom.